The molecule has 0 saturated heterocycles. The minimum Gasteiger partial charge on any atom is -0.469 e. The molecule has 0 radical (unpaired) electrons. The van der Waals surface area contributed by atoms with Gasteiger partial charge < -0.3 is 14.6 Å². The van der Waals surface area contributed by atoms with E-state index in [1.165, 1.54) is 14.2 Å². The molecular weight excluding hydrogens is 284 g/mol. The Balaban J connectivity index is 2.10. The fraction of sp³-hybridized carbons (Fsp3) is 0.765. The highest BCUT2D eigenvalue weighted by atomic mass is 16.5. The highest BCUT2D eigenvalue weighted by Gasteiger charge is 2.70. The van der Waals surface area contributed by atoms with Gasteiger partial charge in [-0.05, 0) is 42.6 Å². The summed E-state index contributed by atoms with van der Waals surface area (Å²) in [5.74, 6) is -0.699. The van der Waals surface area contributed by atoms with Crippen molar-refractivity contribution in [2.24, 2.45) is 28.6 Å². The number of hydrogen-bond donors (Lipinski definition) is 1. The molecule has 3 rings (SSSR count). The number of rotatable bonds is 2. The van der Waals surface area contributed by atoms with E-state index in [1.54, 1.807) is 6.08 Å². The molecule has 0 aliphatic heterocycles. The molecule has 2 saturated carbocycles. The summed E-state index contributed by atoms with van der Waals surface area (Å²) in [5.41, 5.74) is -0.0948. The molecule has 5 heteroatoms. The third kappa shape index (κ3) is 1.69. The first-order chi connectivity index (χ1) is 10.3. The number of methoxy groups -OCH3 is 2. The van der Waals surface area contributed by atoms with E-state index in [0.717, 1.165) is 12.8 Å². The number of ether oxygens (including phenoxy) is 2. The molecule has 0 aromatic rings. The van der Waals surface area contributed by atoms with Crippen LogP contribution >= 0.6 is 0 Å². The predicted octanol–water partition coefficient (Wildman–Crippen LogP) is 1.69. The smallest absolute Gasteiger partial charge is 0.333 e. The summed E-state index contributed by atoms with van der Waals surface area (Å²) < 4.78 is 9.87. The Kier molecular flexibility index (Phi) is 3.40. The second-order valence-corrected chi connectivity index (χ2v) is 7.45. The normalized spacial score (nSPS) is 41.6. The molecule has 1 spiro atoms. The average Bonchev–Trinajstić information content (AvgIpc) is 2.96. The van der Waals surface area contributed by atoms with E-state index >= 15 is 0 Å². The second-order valence-electron chi connectivity index (χ2n) is 7.45. The summed E-state index contributed by atoms with van der Waals surface area (Å²) in [6.07, 6.45) is 3.08. The lowest BCUT2D eigenvalue weighted by atomic mass is 9.65. The first-order valence-electron chi connectivity index (χ1n) is 7.86. The Morgan fingerprint density at radius 1 is 1.23 bits per heavy atom. The fourth-order valence-corrected chi connectivity index (χ4v) is 5.62. The lowest BCUT2D eigenvalue weighted by Gasteiger charge is -2.40. The molecule has 5 nitrogen and oxygen atoms in total. The minimum atomic E-state index is -0.809. The highest BCUT2D eigenvalue weighted by molar-refractivity contribution is 5.90. The Bertz CT molecular complexity index is 549. The maximum absolute atomic E-state index is 12.2. The molecule has 5 unspecified atom stereocenters. The van der Waals surface area contributed by atoms with Gasteiger partial charge >= 0.3 is 11.9 Å². The summed E-state index contributed by atoms with van der Waals surface area (Å²) >= 11 is 0. The zero-order valence-electron chi connectivity index (χ0n) is 13.6. The van der Waals surface area contributed by atoms with E-state index in [-0.39, 0.29) is 35.1 Å². The summed E-state index contributed by atoms with van der Waals surface area (Å²) in [5, 5.41) is 10.8. The van der Waals surface area contributed by atoms with Gasteiger partial charge in [-0.25, -0.2) is 4.79 Å². The van der Waals surface area contributed by atoms with Gasteiger partial charge in [-0.2, -0.15) is 0 Å². The van der Waals surface area contributed by atoms with Crippen molar-refractivity contribution in [1.29, 1.82) is 0 Å². The van der Waals surface area contributed by atoms with Gasteiger partial charge in [0.25, 0.3) is 0 Å². The zero-order chi connectivity index (χ0) is 16.3. The SMILES string of the molecule is COC(=O)C1=CC(O)C23CC1C(C)(C)C2CCC3C(=O)OC. The number of fused-ring (bicyclic) bond motifs is 1. The van der Waals surface area contributed by atoms with Crippen molar-refractivity contribution < 1.29 is 24.2 Å². The van der Waals surface area contributed by atoms with Crippen LogP contribution in [0.1, 0.15) is 33.1 Å². The van der Waals surface area contributed by atoms with Crippen LogP contribution in [-0.4, -0.2) is 37.4 Å². The Labute approximate surface area is 130 Å². The molecule has 0 heterocycles. The molecule has 2 bridgehead atoms. The largest absolute Gasteiger partial charge is 0.469 e. The van der Waals surface area contributed by atoms with E-state index < -0.39 is 11.5 Å². The predicted molar refractivity (Wildman–Crippen MR) is 78.7 cm³/mol. The van der Waals surface area contributed by atoms with Crippen LogP contribution in [0.3, 0.4) is 0 Å². The summed E-state index contributed by atoms with van der Waals surface area (Å²) in [7, 11) is 2.76. The monoisotopic (exact) mass is 308 g/mol. The van der Waals surface area contributed by atoms with Crippen molar-refractivity contribution in [2.75, 3.05) is 14.2 Å². The molecule has 22 heavy (non-hydrogen) atoms. The van der Waals surface area contributed by atoms with Crippen molar-refractivity contribution in [1.82, 2.24) is 0 Å². The van der Waals surface area contributed by atoms with Gasteiger partial charge in [0.15, 0.2) is 0 Å². The fourth-order valence-electron chi connectivity index (χ4n) is 5.62. The molecule has 1 N–H and O–H groups in total. The van der Waals surface area contributed by atoms with E-state index in [2.05, 4.69) is 13.8 Å². The van der Waals surface area contributed by atoms with Crippen molar-refractivity contribution in [3.8, 4) is 0 Å². The van der Waals surface area contributed by atoms with Crippen molar-refractivity contribution in [3.05, 3.63) is 11.6 Å². The van der Waals surface area contributed by atoms with Gasteiger partial charge in [0.2, 0.25) is 0 Å². The van der Waals surface area contributed by atoms with Gasteiger partial charge in [0.1, 0.15) is 0 Å². The minimum absolute atomic E-state index is 0.0146. The van der Waals surface area contributed by atoms with Crippen LogP contribution in [-0.2, 0) is 19.1 Å². The number of carbonyl (C=O) groups excluding carboxylic acids is 2. The number of carbonyl (C=O) groups is 2. The highest BCUT2D eigenvalue weighted by Crippen LogP contribution is 2.71. The van der Waals surface area contributed by atoms with Crippen LogP contribution in [0.15, 0.2) is 11.6 Å². The van der Waals surface area contributed by atoms with E-state index in [4.69, 9.17) is 9.47 Å². The lowest BCUT2D eigenvalue weighted by Crippen LogP contribution is -2.45. The van der Waals surface area contributed by atoms with E-state index in [0.29, 0.717) is 12.0 Å². The van der Waals surface area contributed by atoms with Crippen molar-refractivity contribution in [3.63, 3.8) is 0 Å². The zero-order valence-corrected chi connectivity index (χ0v) is 13.6. The Morgan fingerprint density at radius 3 is 2.50 bits per heavy atom. The topological polar surface area (TPSA) is 72.8 Å². The molecule has 0 aromatic carbocycles. The van der Waals surface area contributed by atoms with Crippen molar-refractivity contribution >= 4 is 11.9 Å². The first kappa shape index (κ1) is 15.5. The molecule has 3 aliphatic rings. The van der Waals surface area contributed by atoms with Gasteiger partial charge in [0.05, 0.1) is 26.2 Å². The standard InChI is InChI=1S/C17H24O5/c1-16(2)11-8-17(13(18)7-9(11)14(19)21-3)10(15(20)22-4)5-6-12(16)17/h7,10-13,18H,5-6,8H2,1-4H3. The molecule has 122 valence electrons. The number of aliphatic hydroxyl groups is 1. The summed E-state index contributed by atoms with van der Waals surface area (Å²) in [4.78, 5) is 24.3. The van der Waals surface area contributed by atoms with Gasteiger partial charge in [-0.3, -0.25) is 4.79 Å². The Hall–Kier alpha value is -1.36. The van der Waals surface area contributed by atoms with Crippen LogP contribution < -0.4 is 0 Å². The number of aliphatic hydroxyl groups excluding tert-OH is 1. The molecule has 2 fully saturated rings. The third-order valence-electron chi connectivity index (χ3n) is 6.57. The van der Waals surface area contributed by atoms with Crippen LogP contribution in [0.4, 0.5) is 0 Å². The van der Waals surface area contributed by atoms with Crippen LogP contribution in [0, 0.1) is 28.6 Å². The lowest BCUT2D eigenvalue weighted by molar-refractivity contribution is -0.153. The van der Waals surface area contributed by atoms with Gasteiger partial charge in [0, 0.05) is 11.0 Å². The quantitative estimate of drug-likeness (QED) is 0.786. The van der Waals surface area contributed by atoms with E-state index in [9.17, 15) is 14.7 Å². The molecule has 0 aromatic heterocycles. The first-order valence-corrected chi connectivity index (χ1v) is 7.86. The van der Waals surface area contributed by atoms with Crippen LogP contribution in [0.25, 0.3) is 0 Å². The molecule has 3 aliphatic carbocycles. The average molecular weight is 308 g/mol. The number of esters is 2. The summed E-state index contributed by atoms with van der Waals surface area (Å²) in [6.45, 7) is 4.27. The Morgan fingerprint density at radius 2 is 1.91 bits per heavy atom. The van der Waals surface area contributed by atoms with Crippen LogP contribution in [0.5, 0.6) is 0 Å². The van der Waals surface area contributed by atoms with Crippen LogP contribution in [0.2, 0.25) is 0 Å². The maximum atomic E-state index is 12.2. The van der Waals surface area contributed by atoms with E-state index in [1.807, 2.05) is 0 Å². The molecular formula is C17H24O5. The summed E-state index contributed by atoms with van der Waals surface area (Å²) in [6, 6.07) is 0. The third-order valence-corrected chi connectivity index (χ3v) is 6.57. The van der Waals surface area contributed by atoms with Gasteiger partial charge in [-0.1, -0.05) is 13.8 Å². The van der Waals surface area contributed by atoms with Crippen molar-refractivity contribution in [2.45, 2.75) is 39.2 Å². The second kappa shape index (κ2) is 4.82. The maximum Gasteiger partial charge on any atom is 0.333 e. The molecule has 0 amide bonds. The van der Waals surface area contributed by atoms with Gasteiger partial charge in [-0.15, -0.1) is 0 Å². The molecule has 5 atom stereocenters. The number of hydrogen-bond acceptors (Lipinski definition) is 5.